The fourth-order valence-electron chi connectivity index (χ4n) is 7.18. The Morgan fingerprint density at radius 2 is 1.33 bits per heavy atom. The van der Waals surface area contributed by atoms with E-state index in [0.29, 0.717) is 5.92 Å². The number of hydrogen-bond acceptors (Lipinski definition) is 4. The fraction of sp³-hybridized carbons (Fsp3) is 0.517. The number of carbonyl (C=O) groups excluding carboxylic acids is 2. The van der Waals surface area contributed by atoms with Gasteiger partial charge in [-0.1, -0.05) is 81.4 Å². The standard InChI is InChI=1S/C29H34O4/c1-28(2)20-15-16-29(28,3)21(17-20)33-27(31)25-23(19-13-9-6-10-14-19)22(24(25)26(30)32-4)18-11-7-5-8-12-18/h5-14,20-25H,15-17H2,1-4H3/t20-,21+,22-,23-,24+,25+,29+/m1/s1. The van der Waals surface area contributed by atoms with Gasteiger partial charge in [-0.3, -0.25) is 9.59 Å². The lowest BCUT2D eigenvalue weighted by Gasteiger charge is -2.50. The first-order valence-electron chi connectivity index (χ1n) is 12.2. The summed E-state index contributed by atoms with van der Waals surface area (Å²) in [5.41, 5.74) is 2.26. The van der Waals surface area contributed by atoms with Crippen molar-refractivity contribution in [2.24, 2.45) is 28.6 Å². The molecule has 2 aromatic rings. The van der Waals surface area contributed by atoms with Crippen molar-refractivity contribution in [1.82, 2.24) is 0 Å². The summed E-state index contributed by atoms with van der Waals surface area (Å²) in [6, 6.07) is 20.1. The quantitative estimate of drug-likeness (QED) is 0.550. The van der Waals surface area contributed by atoms with Crippen molar-refractivity contribution in [3.63, 3.8) is 0 Å². The molecule has 2 bridgehead atoms. The molecule has 174 valence electrons. The number of esters is 2. The lowest BCUT2D eigenvalue weighted by atomic mass is 9.52. The molecule has 3 aliphatic rings. The van der Waals surface area contributed by atoms with Crippen LogP contribution in [0.1, 0.15) is 63.0 Å². The van der Waals surface area contributed by atoms with Crippen molar-refractivity contribution < 1.29 is 19.1 Å². The van der Waals surface area contributed by atoms with E-state index in [2.05, 4.69) is 32.9 Å². The monoisotopic (exact) mass is 446 g/mol. The lowest BCUT2D eigenvalue weighted by Crippen LogP contribution is -2.53. The minimum absolute atomic E-state index is 0.0150. The molecule has 3 aliphatic carbocycles. The van der Waals surface area contributed by atoms with Gasteiger partial charge in [-0.15, -0.1) is 0 Å². The van der Waals surface area contributed by atoms with Crippen molar-refractivity contribution in [2.45, 2.75) is 58.0 Å². The molecule has 2 aromatic carbocycles. The maximum atomic E-state index is 13.8. The van der Waals surface area contributed by atoms with Gasteiger partial charge in [0.1, 0.15) is 6.10 Å². The second-order valence-corrected chi connectivity index (χ2v) is 11.0. The van der Waals surface area contributed by atoms with Crippen LogP contribution in [0.2, 0.25) is 0 Å². The van der Waals surface area contributed by atoms with Crippen molar-refractivity contribution in [1.29, 1.82) is 0 Å². The van der Waals surface area contributed by atoms with E-state index < -0.39 is 11.8 Å². The number of fused-ring (bicyclic) bond motifs is 2. The maximum Gasteiger partial charge on any atom is 0.310 e. The zero-order chi connectivity index (χ0) is 23.4. The van der Waals surface area contributed by atoms with Crippen LogP contribution in [0, 0.1) is 28.6 Å². The van der Waals surface area contributed by atoms with Crippen LogP contribution < -0.4 is 0 Å². The van der Waals surface area contributed by atoms with Gasteiger partial charge in [0.25, 0.3) is 0 Å². The molecule has 4 heteroatoms. The highest BCUT2D eigenvalue weighted by Crippen LogP contribution is 2.67. The summed E-state index contributed by atoms with van der Waals surface area (Å²) >= 11 is 0. The average Bonchev–Trinajstić information content (AvgIpc) is 3.13. The number of benzene rings is 2. The largest absolute Gasteiger partial charge is 0.469 e. The topological polar surface area (TPSA) is 52.6 Å². The van der Waals surface area contributed by atoms with Crippen LogP contribution in [0.25, 0.3) is 0 Å². The Labute approximate surface area is 196 Å². The van der Waals surface area contributed by atoms with Gasteiger partial charge in [0, 0.05) is 17.3 Å². The number of rotatable bonds is 5. The molecule has 0 saturated heterocycles. The highest BCUT2D eigenvalue weighted by atomic mass is 16.5. The average molecular weight is 447 g/mol. The van der Waals surface area contributed by atoms with E-state index in [1.165, 1.54) is 13.5 Å². The van der Waals surface area contributed by atoms with Crippen LogP contribution in [0.15, 0.2) is 60.7 Å². The molecule has 3 saturated carbocycles. The van der Waals surface area contributed by atoms with E-state index in [0.717, 1.165) is 24.0 Å². The minimum atomic E-state index is -0.547. The Hall–Kier alpha value is -2.62. The molecule has 7 atom stereocenters. The Kier molecular flexibility index (Phi) is 5.38. The Morgan fingerprint density at radius 3 is 1.76 bits per heavy atom. The molecule has 0 unspecified atom stereocenters. The van der Waals surface area contributed by atoms with E-state index in [1.807, 2.05) is 48.5 Å². The van der Waals surface area contributed by atoms with Crippen LogP contribution in [-0.4, -0.2) is 25.2 Å². The maximum absolute atomic E-state index is 13.8. The molecule has 33 heavy (non-hydrogen) atoms. The predicted octanol–water partition coefficient (Wildman–Crippen LogP) is 5.73. The Morgan fingerprint density at radius 1 is 0.818 bits per heavy atom. The van der Waals surface area contributed by atoms with Crippen molar-refractivity contribution >= 4 is 11.9 Å². The van der Waals surface area contributed by atoms with Gasteiger partial charge in [-0.05, 0) is 41.7 Å². The van der Waals surface area contributed by atoms with E-state index in [9.17, 15) is 9.59 Å². The molecule has 0 N–H and O–H groups in total. The predicted molar refractivity (Wildman–Crippen MR) is 126 cm³/mol. The first-order valence-corrected chi connectivity index (χ1v) is 12.2. The van der Waals surface area contributed by atoms with Crippen molar-refractivity contribution in [3.8, 4) is 0 Å². The van der Waals surface area contributed by atoms with Gasteiger partial charge >= 0.3 is 11.9 Å². The van der Waals surface area contributed by atoms with Gasteiger partial charge in [0.15, 0.2) is 0 Å². The molecule has 0 spiro atoms. The van der Waals surface area contributed by atoms with E-state index in [4.69, 9.17) is 9.47 Å². The van der Waals surface area contributed by atoms with Crippen LogP contribution in [0.5, 0.6) is 0 Å². The summed E-state index contributed by atoms with van der Waals surface area (Å²) in [4.78, 5) is 26.7. The SMILES string of the molecule is COC(=O)[C@@H]1[C@@H](C(=O)O[C@H]2C[C@H]3CC[C@]2(C)C3(C)C)[C@H](c2ccccc2)[C@H]1c1ccccc1. The summed E-state index contributed by atoms with van der Waals surface area (Å²) in [5, 5.41) is 0. The molecule has 3 fully saturated rings. The number of methoxy groups -OCH3 is 1. The van der Waals surface area contributed by atoms with E-state index in [-0.39, 0.29) is 40.7 Å². The van der Waals surface area contributed by atoms with Gasteiger partial charge in [-0.25, -0.2) is 0 Å². The smallest absolute Gasteiger partial charge is 0.310 e. The molecular weight excluding hydrogens is 412 g/mol. The van der Waals surface area contributed by atoms with E-state index in [1.54, 1.807) is 0 Å². The number of ether oxygens (including phenoxy) is 2. The van der Waals surface area contributed by atoms with Gasteiger partial charge in [-0.2, -0.15) is 0 Å². The minimum Gasteiger partial charge on any atom is -0.469 e. The second kappa shape index (κ2) is 8.00. The third-order valence-electron chi connectivity index (χ3n) is 9.63. The summed E-state index contributed by atoms with van der Waals surface area (Å²) < 4.78 is 11.5. The Bertz CT molecular complexity index is 1030. The van der Waals surface area contributed by atoms with Crippen LogP contribution in [0.3, 0.4) is 0 Å². The van der Waals surface area contributed by atoms with Gasteiger partial charge in [0.2, 0.25) is 0 Å². The Balaban J connectivity index is 1.49. The highest BCUT2D eigenvalue weighted by Gasteiger charge is 2.65. The molecule has 0 aromatic heterocycles. The van der Waals surface area contributed by atoms with Gasteiger partial charge < -0.3 is 9.47 Å². The molecule has 0 aliphatic heterocycles. The lowest BCUT2D eigenvalue weighted by molar-refractivity contribution is -0.179. The third kappa shape index (κ3) is 3.25. The van der Waals surface area contributed by atoms with Crippen LogP contribution in [0.4, 0.5) is 0 Å². The van der Waals surface area contributed by atoms with Gasteiger partial charge in [0.05, 0.1) is 18.9 Å². The molecule has 5 rings (SSSR count). The summed E-state index contributed by atoms with van der Waals surface area (Å²) in [6.45, 7) is 6.91. The highest BCUT2D eigenvalue weighted by molar-refractivity contribution is 5.87. The molecular formula is C29H34O4. The van der Waals surface area contributed by atoms with E-state index >= 15 is 0 Å². The summed E-state index contributed by atoms with van der Waals surface area (Å²) in [7, 11) is 1.40. The molecule has 0 amide bonds. The van der Waals surface area contributed by atoms with Crippen molar-refractivity contribution in [2.75, 3.05) is 7.11 Å². The van der Waals surface area contributed by atoms with Crippen LogP contribution in [-0.2, 0) is 19.1 Å². The number of carbonyl (C=O) groups is 2. The molecule has 4 nitrogen and oxygen atoms in total. The number of hydrogen-bond donors (Lipinski definition) is 0. The zero-order valence-corrected chi connectivity index (χ0v) is 20.0. The summed E-state index contributed by atoms with van der Waals surface area (Å²) in [5.74, 6) is -1.33. The zero-order valence-electron chi connectivity index (χ0n) is 20.0. The molecule has 0 radical (unpaired) electrons. The normalized spacial score (nSPS) is 36.1. The first-order chi connectivity index (χ1) is 15.8. The second-order valence-electron chi connectivity index (χ2n) is 11.0. The fourth-order valence-corrected chi connectivity index (χ4v) is 7.18. The molecule has 0 heterocycles. The van der Waals surface area contributed by atoms with Crippen molar-refractivity contribution in [3.05, 3.63) is 71.8 Å². The first kappa shape index (κ1) is 22.2. The summed E-state index contributed by atoms with van der Waals surface area (Å²) in [6.07, 6.45) is 3.11. The third-order valence-corrected chi connectivity index (χ3v) is 9.63. The van der Waals surface area contributed by atoms with Crippen LogP contribution >= 0.6 is 0 Å².